The van der Waals surface area contributed by atoms with Crippen LogP contribution in [0.2, 0.25) is 0 Å². The number of carbonyl (C=O) groups excluding carboxylic acids is 1. The first-order chi connectivity index (χ1) is 12.0. The quantitative estimate of drug-likeness (QED) is 0.802. The van der Waals surface area contributed by atoms with Crippen molar-refractivity contribution in [1.29, 1.82) is 0 Å². The summed E-state index contributed by atoms with van der Waals surface area (Å²) in [5.74, 6) is -0.529. The van der Waals surface area contributed by atoms with Crippen molar-refractivity contribution in [2.75, 3.05) is 0 Å². The molecule has 26 heavy (non-hydrogen) atoms. The van der Waals surface area contributed by atoms with Gasteiger partial charge < -0.3 is 10.0 Å². The predicted molar refractivity (Wildman–Crippen MR) is 91.1 cm³/mol. The Morgan fingerprint density at radius 2 is 2.04 bits per heavy atom. The van der Waals surface area contributed by atoms with Crippen LogP contribution in [-0.2, 0) is 4.79 Å². The number of aliphatic imine (C=N–C) groups is 1. The monoisotopic (exact) mass is 371 g/mol. The molecule has 1 heterocycles. The van der Waals surface area contributed by atoms with E-state index in [1.807, 2.05) is 0 Å². The average Bonchev–Trinajstić information content (AvgIpc) is 2.73. The van der Waals surface area contributed by atoms with Gasteiger partial charge in [-0.1, -0.05) is 13.0 Å². The molecule has 5 nitrogen and oxygen atoms in total. The topological polar surface area (TPSA) is 64.9 Å². The second-order valence-corrected chi connectivity index (χ2v) is 7.94. The third-order valence-electron chi connectivity index (χ3n) is 4.93. The summed E-state index contributed by atoms with van der Waals surface area (Å²) in [5, 5.41) is 12.5. The van der Waals surface area contributed by atoms with Crippen molar-refractivity contribution in [3.8, 4) is 0 Å². The summed E-state index contributed by atoms with van der Waals surface area (Å²) >= 11 is 0. The van der Waals surface area contributed by atoms with Crippen molar-refractivity contribution in [1.82, 2.24) is 10.2 Å². The summed E-state index contributed by atoms with van der Waals surface area (Å²) in [6, 6.07) is -0.383. The molecule has 2 unspecified atom stereocenters. The second kappa shape index (κ2) is 6.40. The van der Waals surface area contributed by atoms with Crippen LogP contribution in [0.5, 0.6) is 0 Å². The molecule has 8 heteroatoms. The summed E-state index contributed by atoms with van der Waals surface area (Å²) in [4.78, 5) is 18.5. The van der Waals surface area contributed by atoms with E-state index in [2.05, 4.69) is 10.3 Å². The number of aliphatic hydroxyl groups is 1. The molecular weight excluding hydrogens is 347 g/mol. The maximum Gasteiger partial charge on any atom is 0.416 e. The number of hydrogen-bond donors (Lipinski definition) is 2. The Labute approximate surface area is 150 Å². The van der Waals surface area contributed by atoms with E-state index in [9.17, 15) is 23.1 Å². The molecule has 2 N–H and O–H groups in total. The molecule has 0 saturated heterocycles. The van der Waals surface area contributed by atoms with Gasteiger partial charge in [-0.05, 0) is 39.2 Å². The molecule has 0 aromatic rings. The number of nitrogens with one attached hydrogen (secondary N) is 1. The van der Waals surface area contributed by atoms with Gasteiger partial charge in [-0.15, -0.1) is 0 Å². The van der Waals surface area contributed by atoms with Gasteiger partial charge in [0.15, 0.2) is 0 Å². The van der Waals surface area contributed by atoms with Crippen LogP contribution in [-0.4, -0.2) is 45.7 Å². The lowest BCUT2D eigenvalue weighted by molar-refractivity contribution is -0.123. The Morgan fingerprint density at radius 3 is 2.54 bits per heavy atom. The number of carbonyl (C=O) groups is 1. The first kappa shape index (κ1) is 18.9. The number of nitrogens with zero attached hydrogens (tertiary/aromatic N) is 2. The van der Waals surface area contributed by atoms with Gasteiger partial charge in [0.25, 0.3) is 0 Å². The molecule has 2 aliphatic carbocycles. The smallest absolute Gasteiger partial charge is 0.390 e. The Morgan fingerprint density at radius 1 is 1.38 bits per heavy atom. The van der Waals surface area contributed by atoms with E-state index in [1.54, 1.807) is 11.8 Å². The summed E-state index contributed by atoms with van der Waals surface area (Å²) in [6.45, 7) is 4.75. The van der Waals surface area contributed by atoms with E-state index in [-0.39, 0.29) is 12.5 Å². The van der Waals surface area contributed by atoms with Crippen LogP contribution in [0.3, 0.4) is 0 Å². The van der Waals surface area contributed by atoms with Crippen molar-refractivity contribution in [3.05, 3.63) is 23.4 Å². The van der Waals surface area contributed by atoms with E-state index >= 15 is 0 Å². The second-order valence-electron chi connectivity index (χ2n) is 7.94. The molecule has 0 bridgehead atoms. The van der Waals surface area contributed by atoms with E-state index in [1.165, 1.54) is 19.9 Å². The number of guanidine groups is 1. The fraction of sp³-hybridized carbons (Fsp3) is 0.667. The minimum Gasteiger partial charge on any atom is -0.390 e. The Kier molecular flexibility index (Phi) is 4.67. The molecule has 3 aliphatic rings. The number of fused-ring (bicyclic) bond motifs is 1. The van der Waals surface area contributed by atoms with Crippen LogP contribution >= 0.6 is 0 Å². The Hall–Kier alpha value is -1.83. The highest BCUT2D eigenvalue weighted by Crippen LogP contribution is 2.41. The minimum absolute atomic E-state index is 0.0484. The fourth-order valence-electron chi connectivity index (χ4n) is 3.51. The lowest BCUT2D eigenvalue weighted by Gasteiger charge is -2.39. The van der Waals surface area contributed by atoms with E-state index in [0.29, 0.717) is 11.7 Å². The Balaban J connectivity index is 1.88. The summed E-state index contributed by atoms with van der Waals surface area (Å²) in [6.07, 6.45) is 0.523. The normalized spacial score (nSPS) is 26.6. The number of halogens is 3. The van der Waals surface area contributed by atoms with E-state index in [0.717, 1.165) is 25.3 Å². The number of allylic oxidation sites excluding steroid dienone is 2. The zero-order valence-electron chi connectivity index (χ0n) is 15.1. The largest absolute Gasteiger partial charge is 0.416 e. The SMILES string of the molecule is CC1C=C(C(F)(F)F)C=C2C1N=C(NC(=O)CC(C)(C)O)N2C1CCC1. The fourth-order valence-corrected chi connectivity index (χ4v) is 3.51. The van der Waals surface area contributed by atoms with Crippen LogP contribution < -0.4 is 5.32 Å². The highest BCUT2D eigenvalue weighted by molar-refractivity contribution is 5.99. The van der Waals surface area contributed by atoms with Crippen molar-refractivity contribution in [2.45, 2.75) is 70.3 Å². The van der Waals surface area contributed by atoms with E-state index in [4.69, 9.17) is 0 Å². The molecule has 144 valence electrons. The van der Waals surface area contributed by atoms with Gasteiger partial charge in [0.1, 0.15) is 0 Å². The zero-order valence-corrected chi connectivity index (χ0v) is 15.1. The van der Waals surface area contributed by atoms with Crippen LogP contribution in [0.25, 0.3) is 0 Å². The van der Waals surface area contributed by atoms with Crippen LogP contribution in [0.1, 0.15) is 46.5 Å². The molecule has 1 fully saturated rings. The number of hydrogen-bond acceptors (Lipinski definition) is 4. The molecule has 3 rings (SSSR count). The first-order valence-electron chi connectivity index (χ1n) is 8.85. The highest BCUT2D eigenvalue weighted by atomic mass is 19.4. The summed E-state index contributed by atoms with van der Waals surface area (Å²) in [5.41, 5.74) is -1.34. The lowest BCUT2D eigenvalue weighted by Crippen LogP contribution is -2.49. The Bertz CT molecular complexity index is 685. The maximum atomic E-state index is 13.2. The standard InChI is InChI=1S/C18H24F3N3O2/c1-10-7-11(18(19,20)21)8-13-15(10)23-16(24(13)12-5-4-6-12)22-14(25)9-17(2,3)26/h7-8,10,12,15,26H,4-6,9H2,1-3H3,(H,22,23,25). The summed E-state index contributed by atoms with van der Waals surface area (Å²) < 4.78 is 39.7. The zero-order chi connectivity index (χ0) is 19.3. The predicted octanol–water partition coefficient (Wildman–Crippen LogP) is 2.88. The number of amides is 1. The average molecular weight is 371 g/mol. The molecule has 0 aromatic heterocycles. The molecule has 1 aliphatic heterocycles. The molecule has 1 saturated carbocycles. The number of rotatable bonds is 3. The van der Waals surface area contributed by atoms with Crippen LogP contribution in [0.15, 0.2) is 28.4 Å². The van der Waals surface area contributed by atoms with Gasteiger partial charge in [0.2, 0.25) is 11.9 Å². The van der Waals surface area contributed by atoms with Crippen molar-refractivity contribution < 1.29 is 23.1 Å². The van der Waals surface area contributed by atoms with Gasteiger partial charge in [0.05, 0.1) is 23.6 Å². The van der Waals surface area contributed by atoms with Gasteiger partial charge >= 0.3 is 6.18 Å². The van der Waals surface area contributed by atoms with E-state index < -0.39 is 35.2 Å². The molecule has 0 spiro atoms. The van der Waals surface area contributed by atoms with Gasteiger partial charge in [-0.25, -0.2) is 4.99 Å². The molecule has 0 radical (unpaired) electrons. The third-order valence-corrected chi connectivity index (χ3v) is 4.93. The third kappa shape index (κ3) is 3.79. The number of alkyl halides is 3. The van der Waals surface area contributed by atoms with Crippen molar-refractivity contribution >= 4 is 11.9 Å². The first-order valence-corrected chi connectivity index (χ1v) is 8.85. The van der Waals surface area contributed by atoms with Crippen molar-refractivity contribution in [2.24, 2.45) is 10.9 Å². The maximum absolute atomic E-state index is 13.2. The van der Waals surface area contributed by atoms with Crippen molar-refractivity contribution in [3.63, 3.8) is 0 Å². The molecule has 0 aromatic carbocycles. The van der Waals surface area contributed by atoms with Gasteiger partial charge in [0, 0.05) is 17.7 Å². The van der Waals surface area contributed by atoms with Crippen LogP contribution in [0, 0.1) is 5.92 Å². The van der Waals surface area contributed by atoms with Gasteiger partial charge in [-0.2, -0.15) is 13.2 Å². The molecule has 1 amide bonds. The molecule has 2 atom stereocenters. The molecular formula is C18H24F3N3O2. The highest BCUT2D eigenvalue weighted by Gasteiger charge is 2.45. The summed E-state index contributed by atoms with van der Waals surface area (Å²) in [7, 11) is 0. The van der Waals surface area contributed by atoms with Crippen LogP contribution in [0.4, 0.5) is 13.2 Å². The lowest BCUT2D eigenvalue weighted by atomic mass is 9.87. The minimum atomic E-state index is -4.41. The van der Waals surface area contributed by atoms with Gasteiger partial charge in [-0.3, -0.25) is 10.1 Å².